The Kier molecular flexibility index (Phi) is 6.72. The zero-order valence-electron chi connectivity index (χ0n) is 18.2. The molecule has 3 aromatic rings. The van der Waals surface area contributed by atoms with Gasteiger partial charge in [-0.25, -0.2) is 9.97 Å². The van der Waals surface area contributed by atoms with Gasteiger partial charge in [-0.3, -0.25) is 9.59 Å². The number of aromatic nitrogens is 2. The highest BCUT2D eigenvalue weighted by Crippen LogP contribution is 2.38. The quantitative estimate of drug-likeness (QED) is 0.270. The van der Waals surface area contributed by atoms with E-state index in [0.717, 1.165) is 33.9 Å². The number of amides is 1. The molecule has 0 atom stereocenters. The molecule has 162 valence electrons. The summed E-state index contributed by atoms with van der Waals surface area (Å²) in [6.45, 7) is 5.70. The van der Waals surface area contributed by atoms with Gasteiger partial charge in [0.2, 0.25) is 5.91 Å². The van der Waals surface area contributed by atoms with Gasteiger partial charge in [-0.1, -0.05) is 31.0 Å². The van der Waals surface area contributed by atoms with E-state index in [1.807, 2.05) is 0 Å². The molecule has 0 radical (unpaired) electrons. The maximum Gasteiger partial charge on any atom is 0.221 e. The third-order valence-corrected chi connectivity index (χ3v) is 7.93. The molecule has 0 aliphatic heterocycles. The molecule has 7 heteroatoms. The molecule has 1 aliphatic rings. The van der Waals surface area contributed by atoms with Gasteiger partial charge in [0.25, 0.3) is 0 Å². The summed E-state index contributed by atoms with van der Waals surface area (Å²) in [6, 6.07) is 7.04. The minimum Gasteiger partial charge on any atom is -0.326 e. The number of thiophene rings is 1. The first kappa shape index (κ1) is 22.0. The number of nitrogens with one attached hydrogen (secondary N) is 1. The number of fused-ring (bicyclic) bond motifs is 1. The van der Waals surface area contributed by atoms with Crippen LogP contribution < -0.4 is 5.32 Å². The van der Waals surface area contributed by atoms with E-state index in [4.69, 9.17) is 9.97 Å². The molecule has 2 aromatic heterocycles. The van der Waals surface area contributed by atoms with E-state index in [2.05, 4.69) is 19.2 Å². The van der Waals surface area contributed by atoms with Crippen molar-refractivity contribution in [1.82, 2.24) is 9.97 Å². The highest BCUT2D eigenvalue weighted by molar-refractivity contribution is 8.00. The first-order valence-corrected chi connectivity index (χ1v) is 12.5. The van der Waals surface area contributed by atoms with Crippen LogP contribution in [0, 0.1) is 13.8 Å². The van der Waals surface area contributed by atoms with E-state index in [1.54, 1.807) is 35.6 Å². The highest BCUT2D eigenvalue weighted by Gasteiger charge is 2.22. The average Bonchev–Trinajstić information content (AvgIpc) is 3.06. The summed E-state index contributed by atoms with van der Waals surface area (Å²) in [5.41, 5.74) is 2.54. The topological polar surface area (TPSA) is 72.0 Å². The van der Waals surface area contributed by atoms with Crippen molar-refractivity contribution in [1.29, 1.82) is 0 Å². The van der Waals surface area contributed by atoms with Crippen LogP contribution in [-0.2, 0) is 4.79 Å². The van der Waals surface area contributed by atoms with E-state index >= 15 is 0 Å². The fourth-order valence-corrected chi connectivity index (χ4v) is 6.12. The lowest BCUT2D eigenvalue weighted by molar-refractivity contribution is -0.114. The molecule has 31 heavy (non-hydrogen) atoms. The third-order valence-electron chi connectivity index (χ3n) is 5.85. The molecule has 0 bridgehead atoms. The highest BCUT2D eigenvalue weighted by atomic mass is 32.2. The van der Waals surface area contributed by atoms with Gasteiger partial charge in [0.15, 0.2) is 5.78 Å². The van der Waals surface area contributed by atoms with Crippen LogP contribution in [0.25, 0.3) is 10.2 Å². The van der Waals surface area contributed by atoms with Crippen molar-refractivity contribution in [2.75, 3.05) is 11.1 Å². The number of benzene rings is 1. The second-order valence-electron chi connectivity index (χ2n) is 8.16. The van der Waals surface area contributed by atoms with Crippen LogP contribution in [0.5, 0.6) is 0 Å². The Morgan fingerprint density at radius 1 is 1.10 bits per heavy atom. The second-order valence-corrected chi connectivity index (χ2v) is 10.3. The Labute approximate surface area is 191 Å². The number of aryl methyl sites for hydroxylation is 2. The summed E-state index contributed by atoms with van der Waals surface area (Å²) in [5.74, 6) is 1.62. The molecular weight excluding hydrogens is 426 g/mol. The zero-order valence-corrected chi connectivity index (χ0v) is 19.8. The molecule has 1 amide bonds. The van der Waals surface area contributed by atoms with Gasteiger partial charge in [-0.05, 0) is 56.5 Å². The Morgan fingerprint density at radius 3 is 2.48 bits per heavy atom. The third kappa shape index (κ3) is 4.99. The molecule has 1 aromatic carbocycles. The van der Waals surface area contributed by atoms with Crippen LogP contribution in [0.15, 0.2) is 29.3 Å². The Balaban J connectivity index is 1.56. The summed E-state index contributed by atoms with van der Waals surface area (Å²) in [4.78, 5) is 36.2. The number of Topliss-reactive ketones (excluding diaryl/α,β-unsaturated/α-hetero) is 1. The molecule has 1 saturated carbocycles. The number of thioether (sulfide) groups is 1. The summed E-state index contributed by atoms with van der Waals surface area (Å²) < 4.78 is 0. The van der Waals surface area contributed by atoms with Crippen molar-refractivity contribution in [2.45, 2.75) is 63.8 Å². The van der Waals surface area contributed by atoms with E-state index < -0.39 is 0 Å². The molecule has 4 rings (SSSR count). The Hall–Kier alpha value is -2.25. The van der Waals surface area contributed by atoms with Gasteiger partial charge in [0.1, 0.15) is 15.7 Å². The van der Waals surface area contributed by atoms with Crippen molar-refractivity contribution in [3.8, 4) is 0 Å². The van der Waals surface area contributed by atoms with Gasteiger partial charge >= 0.3 is 0 Å². The first-order chi connectivity index (χ1) is 14.9. The van der Waals surface area contributed by atoms with Crippen molar-refractivity contribution in [3.05, 3.63) is 46.1 Å². The summed E-state index contributed by atoms with van der Waals surface area (Å²) >= 11 is 3.23. The lowest BCUT2D eigenvalue weighted by Gasteiger charge is -2.20. The lowest BCUT2D eigenvalue weighted by atomic mass is 9.89. The van der Waals surface area contributed by atoms with E-state index in [-0.39, 0.29) is 11.7 Å². The van der Waals surface area contributed by atoms with Crippen LogP contribution in [-0.4, -0.2) is 27.4 Å². The van der Waals surface area contributed by atoms with E-state index in [9.17, 15) is 9.59 Å². The van der Waals surface area contributed by atoms with Crippen LogP contribution in [0.2, 0.25) is 0 Å². The molecule has 0 unspecified atom stereocenters. The Morgan fingerprint density at radius 2 is 1.81 bits per heavy atom. The number of hydrogen-bond acceptors (Lipinski definition) is 6. The Bertz CT molecular complexity index is 1120. The summed E-state index contributed by atoms with van der Waals surface area (Å²) in [7, 11) is 0. The van der Waals surface area contributed by atoms with Gasteiger partial charge in [-0.15, -0.1) is 11.3 Å². The van der Waals surface area contributed by atoms with Gasteiger partial charge in [0, 0.05) is 34.4 Å². The molecule has 1 N–H and O–H groups in total. The van der Waals surface area contributed by atoms with Crippen LogP contribution in [0.3, 0.4) is 0 Å². The first-order valence-electron chi connectivity index (χ1n) is 10.7. The van der Waals surface area contributed by atoms with Crippen molar-refractivity contribution >= 4 is 50.7 Å². The summed E-state index contributed by atoms with van der Waals surface area (Å²) in [6.07, 6.45) is 6.08. The minimum atomic E-state index is -0.127. The van der Waals surface area contributed by atoms with Crippen molar-refractivity contribution in [3.63, 3.8) is 0 Å². The fourth-order valence-electron chi connectivity index (χ4n) is 4.04. The fraction of sp³-hybridized carbons (Fsp3) is 0.417. The standard InChI is InChI=1S/C24H27N3O2S2/c1-14-15(2)31-24-21(14)23(26-22(27-24)18-7-5-4-6-8-18)30-13-20(29)17-9-11-19(12-10-17)25-16(3)28/h9-12,18H,4-8,13H2,1-3H3,(H,25,28). The van der Waals surface area contributed by atoms with Gasteiger partial charge in [0.05, 0.1) is 5.75 Å². The largest absolute Gasteiger partial charge is 0.326 e. The number of nitrogens with zero attached hydrogens (tertiary/aromatic N) is 2. The molecule has 5 nitrogen and oxygen atoms in total. The number of carbonyl (C=O) groups excluding carboxylic acids is 2. The van der Waals surface area contributed by atoms with Crippen molar-refractivity contribution < 1.29 is 9.59 Å². The zero-order chi connectivity index (χ0) is 22.0. The maximum atomic E-state index is 12.8. The number of ketones is 1. The molecule has 2 heterocycles. The predicted molar refractivity (Wildman–Crippen MR) is 129 cm³/mol. The smallest absolute Gasteiger partial charge is 0.221 e. The molecule has 1 aliphatic carbocycles. The molecule has 0 spiro atoms. The number of anilines is 1. The second kappa shape index (κ2) is 9.49. The maximum absolute atomic E-state index is 12.8. The van der Waals surface area contributed by atoms with Crippen LogP contribution in [0.1, 0.15) is 71.6 Å². The van der Waals surface area contributed by atoms with Crippen molar-refractivity contribution in [2.24, 2.45) is 0 Å². The molecular formula is C24H27N3O2S2. The number of rotatable bonds is 6. The number of hydrogen-bond donors (Lipinski definition) is 1. The SMILES string of the molecule is CC(=O)Nc1ccc(C(=O)CSc2nc(C3CCCCC3)nc3sc(C)c(C)c23)cc1. The molecule has 1 fully saturated rings. The average molecular weight is 454 g/mol. The van der Waals surface area contributed by atoms with Crippen LogP contribution >= 0.6 is 23.1 Å². The number of carbonyl (C=O) groups is 2. The monoisotopic (exact) mass is 453 g/mol. The minimum absolute atomic E-state index is 0.0509. The van der Waals surface area contributed by atoms with E-state index in [0.29, 0.717) is 22.9 Å². The molecule has 0 saturated heterocycles. The predicted octanol–water partition coefficient (Wildman–Crippen LogP) is 6.29. The van der Waals surface area contributed by atoms with E-state index in [1.165, 1.54) is 48.4 Å². The summed E-state index contributed by atoms with van der Waals surface area (Å²) in [5, 5.41) is 4.75. The van der Waals surface area contributed by atoms with Gasteiger partial charge < -0.3 is 5.32 Å². The van der Waals surface area contributed by atoms with Gasteiger partial charge in [-0.2, -0.15) is 0 Å². The normalized spacial score (nSPS) is 14.7. The van der Waals surface area contributed by atoms with Crippen LogP contribution in [0.4, 0.5) is 5.69 Å². The lowest BCUT2D eigenvalue weighted by Crippen LogP contribution is -2.10.